The van der Waals surface area contributed by atoms with Crippen molar-refractivity contribution < 1.29 is 17.9 Å². The molecule has 49 heavy (non-hydrogen) atoms. The number of rotatable bonds is 13. The molecule has 3 aromatic rings. The Kier molecular flexibility index (Phi) is 14.4. The summed E-state index contributed by atoms with van der Waals surface area (Å²) in [4.78, 5) is 25.0. The van der Waals surface area contributed by atoms with Crippen molar-refractivity contribution in [2.45, 2.75) is 76.9 Å². The Hall–Kier alpha value is -4.16. The van der Waals surface area contributed by atoms with Crippen LogP contribution in [0.3, 0.4) is 0 Å². The Bertz CT molecular complexity index is 1700. The van der Waals surface area contributed by atoms with Crippen molar-refractivity contribution in [1.82, 2.24) is 19.8 Å². The molecule has 1 aliphatic heterocycles. The lowest BCUT2D eigenvalue weighted by Crippen LogP contribution is -2.31. The number of allylic oxidation sites excluding steroid dienone is 2. The first-order valence-electron chi connectivity index (χ1n) is 17.0. The maximum absolute atomic E-state index is 13.2. The second kappa shape index (κ2) is 18.0. The Morgan fingerprint density at radius 2 is 1.69 bits per heavy atom. The summed E-state index contributed by atoms with van der Waals surface area (Å²) in [5, 5.41) is 9.30. The second-order valence-electron chi connectivity index (χ2n) is 12.7. The van der Waals surface area contributed by atoms with Crippen LogP contribution in [0.1, 0.15) is 76.5 Å². The van der Waals surface area contributed by atoms with Gasteiger partial charge in [0, 0.05) is 20.1 Å². The number of likely N-dealkylation sites (tertiary alicyclic amines) is 1. The minimum absolute atomic E-state index is 0.212. The molecule has 0 aliphatic carbocycles. The van der Waals surface area contributed by atoms with Gasteiger partial charge in [0.05, 0.1) is 34.2 Å². The minimum atomic E-state index is -3.57. The SMILES string of the molecule is CC/C=C(\C)c1c(NC)nc(Nc2cc(C)c(C3CCN(C=O)CC3)cc2OC)nc1Nc1ccccc1S(=O)(=O)C(C)C.CCN(C)C. The predicted octanol–water partition coefficient (Wildman–Crippen LogP) is 7.22. The zero-order valence-corrected chi connectivity index (χ0v) is 31.7. The Balaban J connectivity index is 0.00000121. The first-order valence-corrected chi connectivity index (χ1v) is 18.5. The number of methoxy groups -OCH3 is 1. The molecule has 11 nitrogen and oxygen atoms in total. The number of amides is 1. The average molecular weight is 694 g/mol. The highest BCUT2D eigenvalue weighted by Gasteiger charge is 2.25. The van der Waals surface area contributed by atoms with Crippen LogP contribution >= 0.6 is 0 Å². The normalized spacial score (nSPS) is 14.0. The van der Waals surface area contributed by atoms with E-state index in [-0.39, 0.29) is 4.90 Å². The first-order chi connectivity index (χ1) is 23.3. The largest absolute Gasteiger partial charge is 0.495 e. The second-order valence-corrected chi connectivity index (χ2v) is 15.2. The van der Waals surface area contributed by atoms with Crippen molar-refractivity contribution in [3.63, 3.8) is 0 Å². The molecule has 1 aliphatic rings. The molecule has 3 N–H and O–H groups in total. The summed E-state index contributed by atoms with van der Waals surface area (Å²) < 4.78 is 32.3. The number of hydrogen-bond acceptors (Lipinski definition) is 10. The molecule has 0 spiro atoms. The van der Waals surface area contributed by atoms with E-state index in [9.17, 15) is 13.2 Å². The number of para-hydroxylation sites is 1. The van der Waals surface area contributed by atoms with Crippen LogP contribution in [0.15, 0.2) is 47.4 Å². The Morgan fingerprint density at radius 3 is 2.24 bits per heavy atom. The van der Waals surface area contributed by atoms with Crippen molar-refractivity contribution in [3.8, 4) is 5.75 Å². The Morgan fingerprint density at radius 1 is 1.06 bits per heavy atom. The highest BCUT2D eigenvalue weighted by atomic mass is 32.2. The molecule has 0 atom stereocenters. The fourth-order valence-electron chi connectivity index (χ4n) is 5.62. The number of sulfone groups is 1. The number of nitrogens with zero attached hydrogens (tertiary/aromatic N) is 4. The lowest BCUT2D eigenvalue weighted by atomic mass is 9.86. The summed E-state index contributed by atoms with van der Waals surface area (Å²) >= 11 is 0. The van der Waals surface area contributed by atoms with E-state index in [0.717, 1.165) is 62.0 Å². The lowest BCUT2D eigenvalue weighted by Gasteiger charge is -2.30. The van der Waals surface area contributed by atoms with Gasteiger partial charge in [-0.3, -0.25) is 4.79 Å². The monoisotopic (exact) mass is 693 g/mol. The van der Waals surface area contributed by atoms with Crippen molar-refractivity contribution >= 4 is 50.8 Å². The third-order valence-corrected chi connectivity index (χ3v) is 10.9. The molecular weight excluding hydrogens is 639 g/mol. The molecule has 12 heteroatoms. The van der Waals surface area contributed by atoms with E-state index < -0.39 is 15.1 Å². The summed E-state index contributed by atoms with van der Waals surface area (Å²) in [5.41, 5.74) is 5.16. The fraction of sp³-hybridized carbons (Fsp3) is 0.486. The van der Waals surface area contributed by atoms with Crippen LogP contribution in [0.4, 0.5) is 29.0 Å². The van der Waals surface area contributed by atoms with Crippen LogP contribution in [-0.4, -0.2) is 87.7 Å². The fourth-order valence-corrected chi connectivity index (χ4v) is 6.82. The number of nitrogens with one attached hydrogen (secondary N) is 3. The summed E-state index contributed by atoms with van der Waals surface area (Å²) in [6, 6.07) is 11.0. The van der Waals surface area contributed by atoms with Crippen LogP contribution < -0.4 is 20.7 Å². The molecule has 0 saturated carbocycles. The number of hydrogen-bond donors (Lipinski definition) is 3. The number of benzene rings is 2. The van der Waals surface area contributed by atoms with Crippen LogP contribution in [0.25, 0.3) is 5.57 Å². The van der Waals surface area contributed by atoms with E-state index in [4.69, 9.17) is 14.7 Å². The predicted molar refractivity (Wildman–Crippen MR) is 202 cm³/mol. The van der Waals surface area contributed by atoms with Crippen LogP contribution in [-0.2, 0) is 14.6 Å². The highest BCUT2D eigenvalue weighted by Crippen LogP contribution is 2.39. The number of aromatic nitrogens is 2. The maximum Gasteiger partial charge on any atom is 0.231 e. The number of anilines is 5. The van der Waals surface area contributed by atoms with Gasteiger partial charge >= 0.3 is 0 Å². The van der Waals surface area contributed by atoms with Crippen molar-refractivity contribution in [1.29, 1.82) is 0 Å². The van der Waals surface area contributed by atoms with Gasteiger partial charge in [-0.25, -0.2) is 8.42 Å². The number of aryl methyl sites for hydroxylation is 1. The van der Waals surface area contributed by atoms with Crippen molar-refractivity contribution in [3.05, 3.63) is 59.2 Å². The molecular formula is C37H55N7O4S. The van der Waals surface area contributed by atoms with Crippen LogP contribution in [0.5, 0.6) is 5.75 Å². The molecule has 0 unspecified atom stereocenters. The summed E-state index contributed by atoms with van der Waals surface area (Å²) in [5.74, 6) is 2.37. The summed E-state index contributed by atoms with van der Waals surface area (Å²) in [7, 11) is 3.98. The van der Waals surface area contributed by atoms with E-state index in [1.807, 2.05) is 17.9 Å². The third kappa shape index (κ3) is 9.95. The van der Waals surface area contributed by atoms with E-state index in [2.05, 4.69) is 67.9 Å². The van der Waals surface area contributed by atoms with Gasteiger partial charge in [-0.15, -0.1) is 0 Å². The van der Waals surface area contributed by atoms with Crippen LogP contribution in [0.2, 0.25) is 0 Å². The Labute approximate surface area is 293 Å². The van der Waals surface area contributed by atoms with Crippen LogP contribution in [0, 0.1) is 6.92 Å². The van der Waals surface area contributed by atoms with Gasteiger partial charge in [-0.1, -0.05) is 32.1 Å². The van der Waals surface area contributed by atoms with Gasteiger partial charge in [0.1, 0.15) is 17.4 Å². The van der Waals surface area contributed by atoms with E-state index in [1.54, 1.807) is 52.3 Å². The molecule has 4 rings (SSSR count). The van der Waals surface area contributed by atoms with Gasteiger partial charge in [0.2, 0.25) is 12.4 Å². The van der Waals surface area contributed by atoms with Gasteiger partial charge in [-0.05, 0) is 114 Å². The smallest absolute Gasteiger partial charge is 0.231 e. The zero-order valence-electron chi connectivity index (χ0n) is 30.8. The molecule has 268 valence electrons. The van der Waals surface area contributed by atoms with Gasteiger partial charge < -0.3 is 30.5 Å². The van der Waals surface area contributed by atoms with Crippen molar-refractivity contribution in [2.75, 3.05) is 63.8 Å². The molecule has 2 aromatic carbocycles. The van der Waals surface area contributed by atoms with Gasteiger partial charge in [0.25, 0.3) is 0 Å². The molecule has 1 amide bonds. The topological polar surface area (TPSA) is 129 Å². The number of ether oxygens (including phenoxy) is 1. The standard InChI is InChI=1S/C33H44N6O4S.C4H11N/c1-8-11-22(4)30-31(34-6)37-33(38-32(30)35-26-12-9-10-13-29(26)44(41,42)21(2)3)36-27-18-23(5)25(19-28(27)43-7)24-14-16-39(20-40)17-15-24;1-4-5(2)3/h9-13,18-21,24H,8,14-17H2,1-7H3,(H3,34,35,36,37,38);4H2,1-3H3/b22-11+;. The highest BCUT2D eigenvalue weighted by molar-refractivity contribution is 7.92. The molecule has 0 bridgehead atoms. The maximum atomic E-state index is 13.2. The van der Waals surface area contributed by atoms with E-state index in [1.165, 1.54) is 5.56 Å². The quantitative estimate of drug-likeness (QED) is 0.158. The zero-order chi connectivity index (χ0) is 36.3. The molecule has 1 aromatic heterocycles. The molecule has 0 radical (unpaired) electrons. The first kappa shape index (κ1) is 39.3. The van der Waals surface area contributed by atoms with Gasteiger partial charge in [0.15, 0.2) is 9.84 Å². The number of carbonyl (C=O) groups excluding carboxylic acids is 1. The minimum Gasteiger partial charge on any atom is -0.495 e. The van der Waals surface area contributed by atoms with Gasteiger partial charge in [-0.2, -0.15) is 9.97 Å². The number of carbonyl (C=O) groups is 1. The molecule has 1 saturated heterocycles. The average Bonchev–Trinajstić information content (AvgIpc) is 3.08. The van der Waals surface area contributed by atoms with E-state index >= 15 is 0 Å². The lowest BCUT2D eigenvalue weighted by molar-refractivity contribution is -0.119. The summed E-state index contributed by atoms with van der Waals surface area (Å²) in [6.07, 6.45) is 5.62. The number of piperidine rings is 1. The van der Waals surface area contributed by atoms with Crippen molar-refractivity contribution in [2.24, 2.45) is 0 Å². The van der Waals surface area contributed by atoms with E-state index in [0.29, 0.717) is 40.6 Å². The third-order valence-electron chi connectivity index (χ3n) is 8.70. The molecule has 1 fully saturated rings. The molecule has 2 heterocycles. The summed E-state index contributed by atoms with van der Waals surface area (Å²) in [6.45, 7) is 14.2.